The Bertz CT molecular complexity index is 467. The first-order valence-corrected chi connectivity index (χ1v) is 6.82. The molecule has 5 nitrogen and oxygen atoms in total. The van der Waals surface area contributed by atoms with E-state index in [0.29, 0.717) is 37.6 Å². The summed E-state index contributed by atoms with van der Waals surface area (Å²) in [6.45, 7) is 4.54. The average molecular weight is 279 g/mol. The summed E-state index contributed by atoms with van der Waals surface area (Å²) in [4.78, 5) is 13.7. The molecule has 2 rings (SSSR count). The van der Waals surface area contributed by atoms with Crippen molar-refractivity contribution in [2.75, 3.05) is 33.4 Å². The molecule has 1 N–H and O–H groups in total. The third-order valence-corrected chi connectivity index (χ3v) is 3.54. The lowest BCUT2D eigenvalue weighted by Gasteiger charge is -2.28. The van der Waals surface area contributed by atoms with Crippen molar-refractivity contribution < 1.29 is 19.4 Å². The van der Waals surface area contributed by atoms with E-state index < -0.39 is 12.0 Å². The van der Waals surface area contributed by atoms with E-state index in [1.165, 1.54) is 0 Å². The van der Waals surface area contributed by atoms with Crippen LogP contribution in [0.2, 0.25) is 0 Å². The van der Waals surface area contributed by atoms with Crippen LogP contribution in [0.15, 0.2) is 18.2 Å². The molecular weight excluding hydrogens is 258 g/mol. The summed E-state index contributed by atoms with van der Waals surface area (Å²) in [7, 11) is 1.57. The zero-order chi connectivity index (χ0) is 14.5. The van der Waals surface area contributed by atoms with E-state index in [-0.39, 0.29) is 0 Å². The SMILES string of the molecule is COc1ccc(C)cc1[C@H](C(=O)O)N1CCCOCC1. The zero-order valence-corrected chi connectivity index (χ0v) is 12.0. The second-order valence-corrected chi connectivity index (χ2v) is 4.99. The maximum Gasteiger partial charge on any atom is 0.325 e. The lowest BCUT2D eigenvalue weighted by Crippen LogP contribution is -2.36. The fourth-order valence-electron chi connectivity index (χ4n) is 2.58. The van der Waals surface area contributed by atoms with Crippen LogP contribution in [0.25, 0.3) is 0 Å². The number of aryl methyl sites for hydroxylation is 1. The van der Waals surface area contributed by atoms with Gasteiger partial charge in [0, 0.05) is 25.3 Å². The topological polar surface area (TPSA) is 59.0 Å². The van der Waals surface area contributed by atoms with Crippen molar-refractivity contribution in [2.24, 2.45) is 0 Å². The van der Waals surface area contributed by atoms with Crippen LogP contribution in [0, 0.1) is 6.92 Å². The van der Waals surface area contributed by atoms with Crippen molar-refractivity contribution in [1.29, 1.82) is 0 Å². The number of methoxy groups -OCH3 is 1. The number of rotatable bonds is 4. The molecule has 0 saturated carbocycles. The molecule has 1 aromatic carbocycles. The van der Waals surface area contributed by atoms with Crippen molar-refractivity contribution in [3.05, 3.63) is 29.3 Å². The van der Waals surface area contributed by atoms with Crippen LogP contribution in [0.1, 0.15) is 23.6 Å². The third-order valence-electron chi connectivity index (χ3n) is 3.54. The number of nitrogens with zero attached hydrogens (tertiary/aromatic N) is 1. The number of carboxylic acids is 1. The van der Waals surface area contributed by atoms with Gasteiger partial charge in [-0.3, -0.25) is 9.69 Å². The lowest BCUT2D eigenvalue weighted by molar-refractivity contribution is -0.143. The van der Waals surface area contributed by atoms with E-state index in [4.69, 9.17) is 9.47 Å². The molecule has 0 aromatic heterocycles. The molecule has 1 aliphatic heterocycles. The first-order chi connectivity index (χ1) is 9.63. The fourth-order valence-corrected chi connectivity index (χ4v) is 2.58. The summed E-state index contributed by atoms with van der Waals surface area (Å²) >= 11 is 0. The van der Waals surface area contributed by atoms with E-state index in [9.17, 15) is 9.90 Å². The zero-order valence-electron chi connectivity index (χ0n) is 12.0. The first kappa shape index (κ1) is 14.8. The average Bonchev–Trinajstić information content (AvgIpc) is 2.68. The highest BCUT2D eigenvalue weighted by molar-refractivity contribution is 5.77. The molecule has 0 aliphatic carbocycles. The van der Waals surface area contributed by atoms with Crippen LogP contribution in [-0.4, -0.2) is 49.4 Å². The first-order valence-electron chi connectivity index (χ1n) is 6.82. The number of hydrogen-bond donors (Lipinski definition) is 1. The Morgan fingerprint density at radius 1 is 1.40 bits per heavy atom. The van der Waals surface area contributed by atoms with Gasteiger partial charge in [-0.05, 0) is 19.4 Å². The Morgan fingerprint density at radius 3 is 2.90 bits per heavy atom. The second-order valence-electron chi connectivity index (χ2n) is 4.99. The van der Waals surface area contributed by atoms with Gasteiger partial charge in [0.1, 0.15) is 11.8 Å². The number of hydrogen-bond acceptors (Lipinski definition) is 4. The van der Waals surface area contributed by atoms with Crippen molar-refractivity contribution in [1.82, 2.24) is 4.90 Å². The normalized spacial score (nSPS) is 18.3. The van der Waals surface area contributed by atoms with E-state index in [2.05, 4.69) is 0 Å². The predicted octanol–water partition coefficient (Wildman–Crippen LogP) is 1.85. The number of carbonyl (C=O) groups is 1. The van der Waals surface area contributed by atoms with Crippen LogP contribution >= 0.6 is 0 Å². The van der Waals surface area contributed by atoms with Gasteiger partial charge in [0.15, 0.2) is 0 Å². The summed E-state index contributed by atoms with van der Waals surface area (Å²) < 4.78 is 10.7. The molecule has 20 heavy (non-hydrogen) atoms. The van der Waals surface area contributed by atoms with Crippen LogP contribution in [0.3, 0.4) is 0 Å². The number of ether oxygens (including phenoxy) is 2. The Balaban J connectivity index is 2.36. The van der Waals surface area contributed by atoms with Crippen molar-refractivity contribution in [3.8, 4) is 5.75 Å². The quantitative estimate of drug-likeness (QED) is 0.911. The van der Waals surface area contributed by atoms with Crippen molar-refractivity contribution in [3.63, 3.8) is 0 Å². The van der Waals surface area contributed by atoms with Gasteiger partial charge in [-0.25, -0.2) is 0 Å². The highest BCUT2D eigenvalue weighted by Crippen LogP contribution is 2.31. The molecule has 0 bridgehead atoms. The third kappa shape index (κ3) is 3.29. The van der Waals surface area contributed by atoms with Crippen LogP contribution in [0.4, 0.5) is 0 Å². The van der Waals surface area contributed by atoms with Gasteiger partial charge < -0.3 is 14.6 Å². The monoisotopic (exact) mass is 279 g/mol. The van der Waals surface area contributed by atoms with Gasteiger partial charge >= 0.3 is 5.97 Å². The molecule has 1 saturated heterocycles. The summed E-state index contributed by atoms with van der Waals surface area (Å²) in [5.41, 5.74) is 1.74. The van der Waals surface area contributed by atoms with Crippen molar-refractivity contribution in [2.45, 2.75) is 19.4 Å². The predicted molar refractivity (Wildman–Crippen MR) is 75.1 cm³/mol. The molecule has 1 aromatic rings. The molecule has 1 aliphatic rings. The highest BCUT2D eigenvalue weighted by atomic mass is 16.5. The molecule has 1 atom stereocenters. The standard InChI is InChI=1S/C15H21NO4/c1-11-4-5-13(19-2)12(10-11)14(15(17)18)16-6-3-8-20-9-7-16/h4-5,10,14H,3,6-9H2,1-2H3,(H,17,18)/t14-/m1/s1. The molecule has 5 heteroatoms. The number of aliphatic carboxylic acids is 1. The van der Waals surface area contributed by atoms with Gasteiger partial charge in [-0.1, -0.05) is 17.7 Å². The van der Waals surface area contributed by atoms with Crippen molar-refractivity contribution >= 4 is 5.97 Å². The lowest BCUT2D eigenvalue weighted by atomic mass is 10.0. The Kier molecular flexibility index (Phi) is 4.98. The van der Waals surface area contributed by atoms with E-state index in [1.54, 1.807) is 7.11 Å². The highest BCUT2D eigenvalue weighted by Gasteiger charge is 2.30. The maximum absolute atomic E-state index is 11.8. The van der Waals surface area contributed by atoms with E-state index >= 15 is 0 Å². The smallest absolute Gasteiger partial charge is 0.325 e. The van der Waals surface area contributed by atoms with Gasteiger partial charge in [0.25, 0.3) is 0 Å². The van der Waals surface area contributed by atoms with E-state index in [0.717, 1.165) is 12.0 Å². The Hall–Kier alpha value is -1.59. The molecule has 1 heterocycles. The van der Waals surface area contributed by atoms with Crippen LogP contribution < -0.4 is 4.74 Å². The molecule has 110 valence electrons. The molecule has 0 unspecified atom stereocenters. The van der Waals surface area contributed by atoms with Crippen LogP contribution in [-0.2, 0) is 9.53 Å². The summed E-state index contributed by atoms with van der Waals surface area (Å²) in [5, 5.41) is 9.64. The minimum Gasteiger partial charge on any atom is -0.496 e. The Morgan fingerprint density at radius 2 is 2.20 bits per heavy atom. The summed E-state index contributed by atoms with van der Waals surface area (Å²) in [6.07, 6.45) is 0.845. The Labute approximate surface area is 119 Å². The summed E-state index contributed by atoms with van der Waals surface area (Å²) in [5.74, 6) is -0.232. The largest absolute Gasteiger partial charge is 0.496 e. The molecule has 0 radical (unpaired) electrons. The number of benzene rings is 1. The molecule has 0 amide bonds. The van der Waals surface area contributed by atoms with Gasteiger partial charge in [0.05, 0.1) is 13.7 Å². The van der Waals surface area contributed by atoms with Gasteiger partial charge in [-0.2, -0.15) is 0 Å². The maximum atomic E-state index is 11.8. The number of carboxylic acid groups (broad SMARTS) is 1. The molecule has 1 fully saturated rings. The van der Waals surface area contributed by atoms with E-state index in [1.807, 2.05) is 30.0 Å². The molecule has 0 spiro atoms. The minimum atomic E-state index is -0.851. The fraction of sp³-hybridized carbons (Fsp3) is 0.533. The van der Waals surface area contributed by atoms with Gasteiger partial charge in [0.2, 0.25) is 0 Å². The second kappa shape index (κ2) is 6.72. The molecular formula is C15H21NO4. The minimum absolute atomic E-state index is 0.567. The van der Waals surface area contributed by atoms with Crippen LogP contribution in [0.5, 0.6) is 5.75 Å². The summed E-state index contributed by atoms with van der Waals surface area (Å²) in [6, 6.07) is 4.96. The van der Waals surface area contributed by atoms with Gasteiger partial charge in [-0.15, -0.1) is 0 Å².